The summed E-state index contributed by atoms with van der Waals surface area (Å²) in [5.41, 5.74) is 2.20. The Hall–Kier alpha value is -1.81. The molecule has 0 bridgehead atoms. The van der Waals surface area contributed by atoms with E-state index in [1.807, 2.05) is 6.92 Å². The summed E-state index contributed by atoms with van der Waals surface area (Å²) >= 11 is 0. The molecule has 1 atom stereocenters. The van der Waals surface area contributed by atoms with Crippen molar-refractivity contribution in [3.8, 4) is 0 Å². The highest BCUT2D eigenvalue weighted by atomic mass is 19.2. The second-order valence-electron chi connectivity index (χ2n) is 5.07. The lowest BCUT2D eigenvalue weighted by Crippen LogP contribution is -2.23. The van der Waals surface area contributed by atoms with E-state index >= 15 is 0 Å². The van der Waals surface area contributed by atoms with Crippen molar-refractivity contribution in [2.24, 2.45) is 0 Å². The molecule has 0 aliphatic heterocycles. The molecule has 2 aromatic rings. The van der Waals surface area contributed by atoms with Gasteiger partial charge >= 0.3 is 0 Å². The SMILES string of the molecule is CCNC(Cc1ccc(F)c(F)c1)c1ccc(F)c(C)c1. The van der Waals surface area contributed by atoms with Crippen molar-refractivity contribution in [3.63, 3.8) is 0 Å². The van der Waals surface area contributed by atoms with Gasteiger partial charge in [-0.2, -0.15) is 0 Å². The topological polar surface area (TPSA) is 12.0 Å². The minimum atomic E-state index is -0.851. The summed E-state index contributed by atoms with van der Waals surface area (Å²) in [6, 6.07) is 8.76. The number of hydrogen-bond donors (Lipinski definition) is 1. The van der Waals surface area contributed by atoms with Gasteiger partial charge in [-0.15, -0.1) is 0 Å². The lowest BCUT2D eigenvalue weighted by Gasteiger charge is -2.19. The third-order valence-electron chi connectivity index (χ3n) is 3.46. The molecule has 21 heavy (non-hydrogen) atoms. The molecule has 0 radical (unpaired) electrons. The first kappa shape index (κ1) is 15.6. The predicted molar refractivity (Wildman–Crippen MR) is 77.6 cm³/mol. The number of likely N-dealkylation sites (N-methyl/N-ethyl adjacent to an activating group) is 1. The smallest absolute Gasteiger partial charge is 0.159 e. The third kappa shape index (κ3) is 3.85. The molecule has 0 spiro atoms. The highest BCUT2D eigenvalue weighted by Crippen LogP contribution is 2.22. The molecule has 4 heteroatoms. The van der Waals surface area contributed by atoms with E-state index in [1.165, 1.54) is 12.1 Å². The quantitative estimate of drug-likeness (QED) is 0.866. The maximum absolute atomic E-state index is 13.4. The number of rotatable bonds is 5. The summed E-state index contributed by atoms with van der Waals surface area (Å²) in [6.07, 6.45) is 0.510. The van der Waals surface area contributed by atoms with Crippen LogP contribution < -0.4 is 5.32 Å². The van der Waals surface area contributed by atoms with Crippen LogP contribution in [-0.2, 0) is 6.42 Å². The second kappa shape index (κ2) is 6.76. The fraction of sp³-hybridized carbons (Fsp3) is 0.294. The summed E-state index contributed by atoms with van der Waals surface area (Å²) < 4.78 is 39.6. The van der Waals surface area contributed by atoms with Crippen LogP contribution >= 0.6 is 0 Å². The van der Waals surface area contributed by atoms with Gasteiger partial charge in [0.1, 0.15) is 5.82 Å². The van der Waals surface area contributed by atoms with Crippen molar-refractivity contribution in [2.45, 2.75) is 26.3 Å². The molecule has 0 aliphatic carbocycles. The van der Waals surface area contributed by atoms with E-state index < -0.39 is 11.6 Å². The minimum absolute atomic E-state index is 0.0702. The summed E-state index contributed by atoms with van der Waals surface area (Å²) in [5.74, 6) is -1.95. The molecule has 2 aromatic carbocycles. The highest BCUT2D eigenvalue weighted by molar-refractivity contribution is 5.29. The molecule has 0 saturated heterocycles. The summed E-state index contributed by atoms with van der Waals surface area (Å²) in [4.78, 5) is 0. The van der Waals surface area contributed by atoms with Crippen LogP contribution in [0.3, 0.4) is 0 Å². The number of benzene rings is 2. The average molecular weight is 293 g/mol. The fourth-order valence-corrected chi connectivity index (χ4v) is 2.34. The standard InChI is InChI=1S/C17H18F3N/c1-3-21-17(13-5-7-14(18)11(2)8-13)10-12-4-6-15(19)16(20)9-12/h4-9,17,21H,3,10H2,1-2H3. The van der Waals surface area contributed by atoms with E-state index in [-0.39, 0.29) is 11.9 Å². The summed E-state index contributed by atoms with van der Waals surface area (Å²) in [5, 5.41) is 3.29. The molecule has 1 unspecified atom stereocenters. The molecule has 1 nitrogen and oxygen atoms in total. The molecule has 0 aromatic heterocycles. The first-order valence-corrected chi connectivity index (χ1v) is 6.94. The van der Waals surface area contributed by atoms with Crippen molar-refractivity contribution >= 4 is 0 Å². The molecule has 1 N–H and O–H groups in total. The van der Waals surface area contributed by atoms with Gasteiger partial charge in [-0.1, -0.05) is 25.1 Å². The van der Waals surface area contributed by atoms with Gasteiger partial charge in [0.25, 0.3) is 0 Å². The zero-order valence-electron chi connectivity index (χ0n) is 12.1. The largest absolute Gasteiger partial charge is 0.310 e. The van der Waals surface area contributed by atoms with Gasteiger partial charge in [0.05, 0.1) is 0 Å². The minimum Gasteiger partial charge on any atom is -0.310 e. The molecular weight excluding hydrogens is 275 g/mol. The van der Waals surface area contributed by atoms with Crippen LogP contribution in [0.5, 0.6) is 0 Å². The van der Waals surface area contributed by atoms with Gasteiger partial charge in [-0.05, 0) is 54.8 Å². The Morgan fingerprint density at radius 3 is 2.29 bits per heavy atom. The Bertz CT molecular complexity index is 625. The number of hydrogen-bond acceptors (Lipinski definition) is 1. The molecular formula is C17H18F3N. The molecule has 0 saturated carbocycles. The zero-order chi connectivity index (χ0) is 15.4. The Kier molecular flexibility index (Phi) is 5.02. The Labute approximate surface area is 122 Å². The van der Waals surface area contributed by atoms with Crippen LogP contribution in [0.2, 0.25) is 0 Å². The first-order chi connectivity index (χ1) is 10.0. The van der Waals surface area contributed by atoms with Gasteiger partial charge < -0.3 is 5.32 Å². The Morgan fingerprint density at radius 2 is 1.67 bits per heavy atom. The second-order valence-corrected chi connectivity index (χ2v) is 5.07. The lowest BCUT2D eigenvalue weighted by molar-refractivity contribution is 0.502. The van der Waals surface area contributed by atoms with Crippen LogP contribution in [0.25, 0.3) is 0 Å². The van der Waals surface area contributed by atoms with Gasteiger partial charge in [0.15, 0.2) is 11.6 Å². The van der Waals surface area contributed by atoms with Gasteiger partial charge in [0, 0.05) is 6.04 Å². The number of nitrogens with one attached hydrogen (secondary N) is 1. The van der Waals surface area contributed by atoms with Crippen LogP contribution in [0.1, 0.15) is 29.7 Å². The van der Waals surface area contributed by atoms with Crippen molar-refractivity contribution < 1.29 is 13.2 Å². The van der Waals surface area contributed by atoms with Gasteiger partial charge in [-0.3, -0.25) is 0 Å². The van der Waals surface area contributed by atoms with E-state index in [4.69, 9.17) is 0 Å². The van der Waals surface area contributed by atoms with Crippen molar-refractivity contribution in [2.75, 3.05) is 6.54 Å². The fourth-order valence-electron chi connectivity index (χ4n) is 2.34. The zero-order valence-corrected chi connectivity index (χ0v) is 12.1. The summed E-state index contributed by atoms with van der Waals surface area (Å²) in [6.45, 7) is 4.40. The van der Waals surface area contributed by atoms with Crippen LogP contribution in [0.15, 0.2) is 36.4 Å². The van der Waals surface area contributed by atoms with E-state index in [2.05, 4.69) is 5.32 Å². The first-order valence-electron chi connectivity index (χ1n) is 6.94. The van der Waals surface area contributed by atoms with Crippen molar-refractivity contribution in [1.29, 1.82) is 0 Å². The molecule has 0 amide bonds. The van der Waals surface area contributed by atoms with Gasteiger partial charge in [0.2, 0.25) is 0 Å². The molecule has 112 valence electrons. The number of halogens is 3. The maximum Gasteiger partial charge on any atom is 0.159 e. The van der Waals surface area contributed by atoms with Gasteiger partial charge in [-0.25, -0.2) is 13.2 Å². The van der Waals surface area contributed by atoms with E-state index in [0.717, 1.165) is 18.2 Å². The molecule has 2 rings (SSSR count). The lowest BCUT2D eigenvalue weighted by atomic mass is 9.97. The van der Waals surface area contributed by atoms with E-state index in [1.54, 1.807) is 25.1 Å². The van der Waals surface area contributed by atoms with Crippen molar-refractivity contribution in [3.05, 3.63) is 70.5 Å². The average Bonchev–Trinajstić information content (AvgIpc) is 2.45. The van der Waals surface area contributed by atoms with E-state index in [0.29, 0.717) is 17.5 Å². The van der Waals surface area contributed by atoms with Crippen LogP contribution in [-0.4, -0.2) is 6.54 Å². The predicted octanol–water partition coefficient (Wildman–Crippen LogP) is 4.31. The monoisotopic (exact) mass is 293 g/mol. The molecule has 0 aliphatic rings. The maximum atomic E-state index is 13.4. The third-order valence-corrected chi connectivity index (χ3v) is 3.46. The number of aryl methyl sites for hydroxylation is 1. The van der Waals surface area contributed by atoms with E-state index in [9.17, 15) is 13.2 Å². The van der Waals surface area contributed by atoms with Crippen LogP contribution in [0.4, 0.5) is 13.2 Å². The normalized spacial score (nSPS) is 12.4. The molecule has 0 heterocycles. The van der Waals surface area contributed by atoms with Crippen LogP contribution in [0, 0.1) is 24.4 Å². The Morgan fingerprint density at radius 1 is 0.952 bits per heavy atom. The summed E-state index contributed by atoms with van der Waals surface area (Å²) in [7, 11) is 0. The highest BCUT2D eigenvalue weighted by Gasteiger charge is 2.14. The molecule has 0 fully saturated rings. The Balaban J connectivity index is 2.25. The van der Waals surface area contributed by atoms with Crippen molar-refractivity contribution in [1.82, 2.24) is 5.32 Å².